The number of ether oxygens (including phenoxy) is 1. The van der Waals surface area contributed by atoms with E-state index in [2.05, 4.69) is 27.1 Å². The van der Waals surface area contributed by atoms with Crippen molar-refractivity contribution < 1.29 is 4.74 Å². The molecule has 0 radical (unpaired) electrons. The number of piperidine rings is 1. The number of anilines is 1. The summed E-state index contributed by atoms with van der Waals surface area (Å²) in [6, 6.07) is 5.46. The van der Waals surface area contributed by atoms with E-state index in [0.717, 1.165) is 31.5 Å². The molecule has 0 atom stereocenters. The predicted octanol–water partition coefficient (Wildman–Crippen LogP) is 1.59. The van der Waals surface area contributed by atoms with Gasteiger partial charge in [-0.15, -0.1) is 10.2 Å². The van der Waals surface area contributed by atoms with Crippen molar-refractivity contribution in [3.05, 3.63) is 30.6 Å². The number of pyridine rings is 1. The van der Waals surface area contributed by atoms with Gasteiger partial charge in [-0.05, 0) is 32.0 Å². The highest BCUT2D eigenvalue weighted by atomic mass is 16.5. The van der Waals surface area contributed by atoms with Gasteiger partial charge < -0.3 is 15.4 Å². The maximum Gasteiger partial charge on any atom is 0.233 e. The molecule has 0 aromatic carbocycles. The Hall–Kier alpha value is -2.21. The van der Waals surface area contributed by atoms with Crippen LogP contribution in [0.25, 0.3) is 11.3 Å². The summed E-state index contributed by atoms with van der Waals surface area (Å²) in [5.74, 6) is 0.566. The average Bonchev–Trinajstić information content (AvgIpc) is 2.51. The first-order valence-corrected chi connectivity index (χ1v) is 7.11. The van der Waals surface area contributed by atoms with E-state index >= 15 is 0 Å². The lowest BCUT2D eigenvalue weighted by atomic mass is 10.1. The highest BCUT2D eigenvalue weighted by Crippen LogP contribution is 2.23. The van der Waals surface area contributed by atoms with Crippen molar-refractivity contribution in [3.63, 3.8) is 0 Å². The SMILES string of the molecule is CN1CCC(Oc2ccc(-c3cnccc3N)nn2)CC1. The molecule has 2 N–H and O–H groups in total. The second-order valence-electron chi connectivity index (χ2n) is 5.34. The molecule has 1 saturated heterocycles. The van der Waals surface area contributed by atoms with E-state index in [9.17, 15) is 0 Å². The molecule has 2 aromatic heterocycles. The van der Waals surface area contributed by atoms with Gasteiger partial charge in [0.05, 0.1) is 5.69 Å². The number of nitrogen functional groups attached to an aromatic ring is 1. The highest BCUT2D eigenvalue weighted by Gasteiger charge is 2.18. The summed E-state index contributed by atoms with van der Waals surface area (Å²) >= 11 is 0. The number of hydrogen-bond acceptors (Lipinski definition) is 6. The van der Waals surface area contributed by atoms with E-state index in [4.69, 9.17) is 10.5 Å². The van der Waals surface area contributed by atoms with Gasteiger partial charge in [0, 0.05) is 42.8 Å². The lowest BCUT2D eigenvalue weighted by molar-refractivity contribution is 0.109. The van der Waals surface area contributed by atoms with Crippen LogP contribution in [0.1, 0.15) is 12.8 Å². The first-order valence-electron chi connectivity index (χ1n) is 7.11. The van der Waals surface area contributed by atoms with E-state index in [0.29, 0.717) is 17.3 Å². The third-order valence-corrected chi connectivity index (χ3v) is 3.72. The Morgan fingerprint density at radius 3 is 2.67 bits per heavy atom. The average molecular weight is 285 g/mol. The fourth-order valence-corrected chi connectivity index (χ4v) is 2.42. The van der Waals surface area contributed by atoms with Gasteiger partial charge in [-0.1, -0.05) is 0 Å². The minimum atomic E-state index is 0.227. The molecule has 1 aliphatic heterocycles. The zero-order valence-corrected chi connectivity index (χ0v) is 12.1. The molecule has 21 heavy (non-hydrogen) atoms. The summed E-state index contributed by atoms with van der Waals surface area (Å²) in [5.41, 5.74) is 8.04. The molecule has 1 aliphatic rings. The molecule has 3 heterocycles. The zero-order chi connectivity index (χ0) is 14.7. The fourth-order valence-electron chi connectivity index (χ4n) is 2.42. The third-order valence-electron chi connectivity index (χ3n) is 3.72. The van der Waals surface area contributed by atoms with Crippen LogP contribution < -0.4 is 10.5 Å². The third kappa shape index (κ3) is 3.28. The number of aromatic nitrogens is 3. The minimum Gasteiger partial charge on any atom is -0.473 e. The molecule has 6 nitrogen and oxygen atoms in total. The molecule has 2 aromatic rings. The van der Waals surface area contributed by atoms with Crippen LogP contribution in [-0.4, -0.2) is 46.3 Å². The largest absolute Gasteiger partial charge is 0.473 e. The first kappa shape index (κ1) is 13.8. The second kappa shape index (κ2) is 6.05. The number of hydrogen-bond donors (Lipinski definition) is 1. The van der Waals surface area contributed by atoms with Crippen LogP contribution in [0.2, 0.25) is 0 Å². The Labute approximate surface area is 124 Å². The highest BCUT2D eigenvalue weighted by molar-refractivity contribution is 5.72. The molecule has 0 spiro atoms. The van der Waals surface area contributed by atoms with E-state index in [1.807, 2.05) is 12.1 Å². The molecule has 0 unspecified atom stereocenters. The normalized spacial score (nSPS) is 16.8. The molecular weight excluding hydrogens is 266 g/mol. The zero-order valence-electron chi connectivity index (χ0n) is 12.1. The molecule has 110 valence electrons. The van der Waals surface area contributed by atoms with Crippen molar-refractivity contribution in [1.29, 1.82) is 0 Å². The van der Waals surface area contributed by atoms with Crippen LogP contribution >= 0.6 is 0 Å². The van der Waals surface area contributed by atoms with Gasteiger partial charge in [-0.3, -0.25) is 4.98 Å². The number of nitrogens with two attached hydrogens (primary N) is 1. The number of likely N-dealkylation sites (tertiary alicyclic amines) is 1. The van der Waals surface area contributed by atoms with Gasteiger partial charge >= 0.3 is 0 Å². The summed E-state index contributed by atoms with van der Waals surface area (Å²) in [4.78, 5) is 6.37. The Kier molecular flexibility index (Phi) is 3.96. The van der Waals surface area contributed by atoms with Gasteiger partial charge in [0.15, 0.2) is 0 Å². The standard InChI is InChI=1S/C15H19N5O/c1-20-8-5-11(6-9-20)21-15-3-2-14(18-19-15)12-10-17-7-4-13(12)16/h2-4,7,10-11H,5-6,8-9H2,1H3,(H2,16,17). The summed E-state index contributed by atoms with van der Waals surface area (Å²) in [6.45, 7) is 2.12. The van der Waals surface area contributed by atoms with Gasteiger partial charge in [-0.2, -0.15) is 0 Å². The summed E-state index contributed by atoms with van der Waals surface area (Å²) in [5, 5.41) is 8.32. The minimum absolute atomic E-state index is 0.227. The van der Waals surface area contributed by atoms with Crippen LogP contribution in [0.5, 0.6) is 5.88 Å². The quantitative estimate of drug-likeness (QED) is 0.923. The summed E-state index contributed by atoms with van der Waals surface area (Å²) in [7, 11) is 2.13. The van der Waals surface area contributed by atoms with Gasteiger partial charge in [0.2, 0.25) is 5.88 Å². The Morgan fingerprint density at radius 2 is 2.00 bits per heavy atom. The topological polar surface area (TPSA) is 77.2 Å². The van der Waals surface area contributed by atoms with E-state index < -0.39 is 0 Å². The monoisotopic (exact) mass is 285 g/mol. The maximum absolute atomic E-state index is 5.91. The summed E-state index contributed by atoms with van der Waals surface area (Å²) in [6.07, 6.45) is 5.62. The predicted molar refractivity (Wildman–Crippen MR) is 80.8 cm³/mol. The van der Waals surface area contributed by atoms with E-state index in [1.54, 1.807) is 18.5 Å². The van der Waals surface area contributed by atoms with Crippen molar-refractivity contribution in [3.8, 4) is 17.1 Å². The van der Waals surface area contributed by atoms with E-state index in [-0.39, 0.29) is 6.10 Å². The van der Waals surface area contributed by atoms with Crippen molar-refractivity contribution in [2.75, 3.05) is 25.9 Å². The molecule has 0 bridgehead atoms. The lowest BCUT2D eigenvalue weighted by Crippen LogP contribution is -2.35. The van der Waals surface area contributed by atoms with Crippen LogP contribution in [0.15, 0.2) is 30.6 Å². The van der Waals surface area contributed by atoms with Crippen LogP contribution in [0.3, 0.4) is 0 Å². The van der Waals surface area contributed by atoms with Crippen molar-refractivity contribution in [2.24, 2.45) is 0 Å². The molecule has 3 rings (SSSR count). The fraction of sp³-hybridized carbons (Fsp3) is 0.400. The second-order valence-corrected chi connectivity index (χ2v) is 5.34. The Bertz CT molecular complexity index is 593. The molecule has 1 fully saturated rings. The van der Waals surface area contributed by atoms with E-state index in [1.165, 1.54) is 0 Å². The van der Waals surface area contributed by atoms with Gasteiger partial charge in [0.1, 0.15) is 6.10 Å². The Balaban J connectivity index is 1.68. The number of nitrogens with zero attached hydrogens (tertiary/aromatic N) is 4. The number of rotatable bonds is 3. The molecule has 0 aliphatic carbocycles. The van der Waals surface area contributed by atoms with Crippen LogP contribution in [0.4, 0.5) is 5.69 Å². The van der Waals surface area contributed by atoms with Crippen molar-refractivity contribution >= 4 is 5.69 Å². The van der Waals surface area contributed by atoms with Crippen LogP contribution in [-0.2, 0) is 0 Å². The first-order chi connectivity index (χ1) is 10.2. The maximum atomic E-state index is 5.91. The molecule has 0 saturated carbocycles. The molecule has 6 heteroatoms. The van der Waals surface area contributed by atoms with Crippen molar-refractivity contribution in [2.45, 2.75) is 18.9 Å². The summed E-state index contributed by atoms with van der Waals surface area (Å²) < 4.78 is 5.88. The lowest BCUT2D eigenvalue weighted by Gasteiger charge is -2.28. The van der Waals surface area contributed by atoms with Crippen LogP contribution in [0, 0.1) is 0 Å². The molecule has 0 amide bonds. The van der Waals surface area contributed by atoms with Crippen molar-refractivity contribution in [1.82, 2.24) is 20.1 Å². The smallest absolute Gasteiger partial charge is 0.233 e. The van der Waals surface area contributed by atoms with Gasteiger partial charge in [-0.25, -0.2) is 0 Å². The molecular formula is C15H19N5O. The van der Waals surface area contributed by atoms with Gasteiger partial charge in [0.25, 0.3) is 0 Å². The Morgan fingerprint density at radius 1 is 1.19 bits per heavy atom.